The molecule has 0 spiro atoms. The number of carbonyl (C=O) groups excluding carboxylic acids is 2. The van der Waals surface area contributed by atoms with E-state index >= 15 is 0 Å². The molecule has 0 amide bonds. The van der Waals surface area contributed by atoms with Gasteiger partial charge in [-0.2, -0.15) is 0 Å². The molecule has 4 atom stereocenters. The summed E-state index contributed by atoms with van der Waals surface area (Å²) in [5.41, 5.74) is 10.7. The Morgan fingerprint density at radius 3 is 2.11 bits per heavy atom. The van der Waals surface area contributed by atoms with Gasteiger partial charge in [0.25, 0.3) is 0 Å². The van der Waals surface area contributed by atoms with Crippen molar-refractivity contribution in [1.29, 1.82) is 0 Å². The number of ketones is 2. The van der Waals surface area contributed by atoms with E-state index in [1.54, 1.807) is 0 Å². The number of aliphatic hydroxyl groups excluding tert-OH is 3. The number of rotatable bonds is 10. The molecule has 0 aliphatic heterocycles. The van der Waals surface area contributed by atoms with Crippen molar-refractivity contribution in [3.8, 4) is 0 Å². The molecule has 0 rings (SSSR count). The minimum atomic E-state index is -1.72. The zero-order valence-electron chi connectivity index (χ0n) is 11.2. The first kappa shape index (κ1) is 18.1. The van der Waals surface area contributed by atoms with Gasteiger partial charge in [0.05, 0.1) is 6.10 Å². The highest BCUT2D eigenvalue weighted by Gasteiger charge is 2.33. The molecule has 19 heavy (non-hydrogen) atoms. The number of Topliss-reactive ketones (excluding diaryl/α,β-unsaturated/α-hetero) is 2. The van der Waals surface area contributed by atoms with Crippen LogP contribution in [0.1, 0.15) is 32.6 Å². The molecule has 112 valence electrons. The summed E-state index contributed by atoms with van der Waals surface area (Å²) in [6.07, 6.45) is -1.99. The van der Waals surface area contributed by atoms with Crippen LogP contribution in [0, 0.1) is 0 Å². The molecule has 0 saturated carbocycles. The molecule has 0 aromatic rings. The molecule has 1 unspecified atom stereocenters. The van der Waals surface area contributed by atoms with Crippen LogP contribution in [0.25, 0.3) is 0 Å². The molecular weight excluding hydrogens is 252 g/mol. The predicted octanol–water partition coefficient (Wildman–Crippen LogP) is -1.93. The first-order valence-electron chi connectivity index (χ1n) is 6.40. The summed E-state index contributed by atoms with van der Waals surface area (Å²) in [6, 6.07) is -1.62. The highest BCUT2D eigenvalue weighted by atomic mass is 16.3. The Labute approximate surface area is 112 Å². The number of hydrogen-bond acceptors (Lipinski definition) is 7. The van der Waals surface area contributed by atoms with Gasteiger partial charge in [0.15, 0.2) is 11.6 Å². The molecule has 7 N–H and O–H groups in total. The van der Waals surface area contributed by atoms with E-state index in [4.69, 9.17) is 16.6 Å². The van der Waals surface area contributed by atoms with Crippen LogP contribution in [0.4, 0.5) is 0 Å². The molecule has 0 heterocycles. The number of unbranched alkanes of at least 4 members (excludes halogenated alkanes) is 2. The molecule has 0 bridgehead atoms. The highest BCUT2D eigenvalue weighted by Crippen LogP contribution is 2.07. The summed E-state index contributed by atoms with van der Waals surface area (Å²) in [5.74, 6) is -1.82. The van der Waals surface area contributed by atoms with Crippen LogP contribution in [0.2, 0.25) is 0 Å². The number of nitrogens with two attached hydrogens (primary N) is 2. The average molecular weight is 276 g/mol. The second kappa shape index (κ2) is 9.11. The fourth-order valence-corrected chi connectivity index (χ4v) is 1.57. The van der Waals surface area contributed by atoms with E-state index in [0.717, 1.165) is 12.8 Å². The zero-order valence-corrected chi connectivity index (χ0v) is 11.2. The standard InChI is InChI=1S/C12H24N2O5/c1-7(15)10(17)12(19)9(14)11(18)8(16)5-3-2-4-6-13/h7-10,15-17H,2-6,13-14H2,1H3/t7-,8?,9+,10+/m1/s1. The van der Waals surface area contributed by atoms with Crippen molar-refractivity contribution in [2.24, 2.45) is 11.5 Å². The predicted molar refractivity (Wildman–Crippen MR) is 69.2 cm³/mol. The fraction of sp³-hybridized carbons (Fsp3) is 0.833. The Morgan fingerprint density at radius 2 is 1.63 bits per heavy atom. The van der Waals surface area contributed by atoms with Crippen LogP contribution >= 0.6 is 0 Å². The lowest BCUT2D eigenvalue weighted by atomic mass is 9.96. The second-order valence-electron chi connectivity index (χ2n) is 4.62. The van der Waals surface area contributed by atoms with E-state index in [2.05, 4.69) is 0 Å². The van der Waals surface area contributed by atoms with Crippen molar-refractivity contribution in [3.05, 3.63) is 0 Å². The Hall–Kier alpha value is -0.860. The van der Waals surface area contributed by atoms with Gasteiger partial charge in [-0.1, -0.05) is 12.8 Å². The smallest absolute Gasteiger partial charge is 0.188 e. The van der Waals surface area contributed by atoms with Gasteiger partial charge in [0.1, 0.15) is 18.2 Å². The maximum Gasteiger partial charge on any atom is 0.188 e. The van der Waals surface area contributed by atoms with Gasteiger partial charge >= 0.3 is 0 Å². The van der Waals surface area contributed by atoms with E-state index in [9.17, 15) is 19.8 Å². The lowest BCUT2D eigenvalue weighted by molar-refractivity contribution is -0.141. The summed E-state index contributed by atoms with van der Waals surface area (Å²) >= 11 is 0. The molecular formula is C12H24N2O5. The van der Waals surface area contributed by atoms with E-state index in [1.165, 1.54) is 6.92 Å². The molecule has 0 aromatic carbocycles. The summed E-state index contributed by atoms with van der Waals surface area (Å²) in [7, 11) is 0. The third-order valence-corrected chi connectivity index (χ3v) is 2.87. The number of carbonyl (C=O) groups is 2. The van der Waals surface area contributed by atoms with Gasteiger partial charge in [-0.25, -0.2) is 0 Å². The third kappa shape index (κ3) is 6.22. The zero-order chi connectivity index (χ0) is 15.0. The van der Waals surface area contributed by atoms with Crippen LogP contribution < -0.4 is 11.5 Å². The molecule has 0 fully saturated rings. The van der Waals surface area contributed by atoms with Crippen LogP contribution in [-0.4, -0.2) is 57.8 Å². The van der Waals surface area contributed by atoms with Gasteiger partial charge in [0.2, 0.25) is 0 Å². The monoisotopic (exact) mass is 276 g/mol. The van der Waals surface area contributed by atoms with Gasteiger partial charge in [-0.3, -0.25) is 9.59 Å². The van der Waals surface area contributed by atoms with E-state index < -0.39 is 35.9 Å². The number of hydrogen-bond donors (Lipinski definition) is 5. The summed E-state index contributed by atoms with van der Waals surface area (Å²) in [4.78, 5) is 23.2. The normalized spacial score (nSPS) is 17.6. The minimum Gasteiger partial charge on any atom is -0.390 e. The Balaban J connectivity index is 4.27. The van der Waals surface area contributed by atoms with Crippen molar-refractivity contribution in [2.75, 3.05) is 6.54 Å². The van der Waals surface area contributed by atoms with E-state index in [1.807, 2.05) is 0 Å². The van der Waals surface area contributed by atoms with Crippen molar-refractivity contribution >= 4 is 11.6 Å². The molecule has 0 radical (unpaired) electrons. The largest absolute Gasteiger partial charge is 0.390 e. The van der Waals surface area contributed by atoms with Crippen molar-refractivity contribution in [2.45, 2.75) is 57.0 Å². The summed E-state index contributed by atoms with van der Waals surface area (Å²) in [5, 5.41) is 28.0. The third-order valence-electron chi connectivity index (χ3n) is 2.87. The van der Waals surface area contributed by atoms with Crippen LogP contribution in [0.15, 0.2) is 0 Å². The first-order chi connectivity index (χ1) is 8.82. The van der Waals surface area contributed by atoms with Crippen LogP contribution in [0.3, 0.4) is 0 Å². The fourth-order valence-electron chi connectivity index (χ4n) is 1.57. The lowest BCUT2D eigenvalue weighted by Crippen LogP contribution is -2.51. The van der Waals surface area contributed by atoms with Crippen molar-refractivity contribution < 1.29 is 24.9 Å². The maximum atomic E-state index is 11.7. The molecule has 7 heteroatoms. The molecule has 7 nitrogen and oxygen atoms in total. The second-order valence-corrected chi connectivity index (χ2v) is 4.62. The van der Waals surface area contributed by atoms with Crippen molar-refractivity contribution in [1.82, 2.24) is 0 Å². The first-order valence-corrected chi connectivity index (χ1v) is 6.40. The van der Waals surface area contributed by atoms with E-state index in [-0.39, 0.29) is 6.42 Å². The van der Waals surface area contributed by atoms with Gasteiger partial charge in [-0.15, -0.1) is 0 Å². The maximum absolute atomic E-state index is 11.7. The van der Waals surface area contributed by atoms with Gasteiger partial charge in [0, 0.05) is 0 Å². The van der Waals surface area contributed by atoms with E-state index in [0.29, 0.717) is 13.0 Å². The topological polar surface area (TPSA) is 147 Å². The summed E-state index contributed by atoms with van der Waals surface area (Å²) < 4.78 is 0. The SMILES string of the molecule is C[C@@H](O)[C@H](O)C(=O)[C@@H](N)C(=O)C(O)CCCCCN. The van der Waals surface area contributed by atoms with Crippen molar-refractivity contribution in [3.63, 3.8) is 0 Å². The van der Waals surface area contributed by atoms with Crippen LogP contribution in [-0.2, 0) is 9.59 Å². The lowest BCUT2D eigenvalue weighted by Gasteiger charge is -2.18. The highest BCUT2D eigenvalue weighted by molar-refractivity contribution is 6.09. The van der Waals surface area contributed by atoms with Crippen LogP contribution in [0.5, 0.6) is 0 Å². The Morgan fingerprint density at radius 1 is 1.05 bits per heavy atom. The molecule has 0 saturated heterocycles. The quantitative estimate of drug-likeness (QED) is 0.231. The van der Waals surface area contributed by atoms with Gasteiger partial charge in [-0.05, 0) is 26.3 Å². The average Bonchev–Trinajstić information content (AvgIpc) is 2.39. The van der Waals surface area contributed by atoms with Gasteiger partial charge < -0.3 is 26.8 Å². The molecule has 0 aliphatic carbocycles. The molecule has 0 aliphatic rings. The minimum absolute atomic E-state index is 0.199. The summed E-state index contributed by atoms with van der Waals surface area (Å²) in [6.45, 7) is 1.76. The molecule has 0 aromatic heterocycles. The Bertz CT molecular complexity index is 296. The number of aliphatic hydroxyl groups is 3. The Kier molecular flexibility index (Phi) is 8.70.